The van der Waals surface area contributed by atoms with Crippen LogP contribution in [0.1, 0.15) is 108 Å². The topological polar surface area (TPSA) is 61.6 Å². The van der Waals surface area contributed by atoms with Crippen LogP contribution in [0.3, 0.4) is 0 Å². The number of carboxylic acid groups (broad SMARTS) is 1. The minimum Gasteiger partial charge on any atom is -0.481 e. The number of imidazole rings is 1. The van der Waals surface area contributed by atoms with Crippen molar-refractivity contribution in [3.63, 3.8) is 0 Å². The SMILES string of the molecule is O=C(O)CCN1CCC[C@H]1Cc1nc2ccccc2n1C1C[C@H]2CCC[C@@H](C1)N2C1C[C@H]2CCCC[C@@H](C1)C2. The molecule has 5 fully saturated rings. The molecule has 2 saturated carbocycles. The maximum Gasteiger partial charge on any atom is 0.304 e. The molecular formula is C33H48N4O2. The van der Waals surface area contributed by atoms with Crippen LogP contribution in [0.2, 0.25) is 0 Å². The lowest BCUT2D eigenvalue weighted by Gasteiger charge is -2.54. The minimum absolute atomic E-state index is 0.234. The van der Waals surface area contributed by atoms with Crippen LogP contribution in [0.15, 0.2) is 24.3 Å². The van der Waals surface area contributed by atoms with E-state index < -0.39 is 5.97 Å². The predicted octanol–water partition coefficient (Wildman–Crippen LogP) is 6.43. The van der Waals surface area contributed by atoms with Crippen molar-refractivity contribution in [1.29, 1.82) is 0 Å². The second-order valence-corrected chi connectivity index (χ2v) is 13.8. The molecule has 3 saturated heterocycles. The highest BCUT2D eigenvalue weighted by Crippen LogP contribution is 2.47. The van der Waals surface area contributed by atoms with Crippen LogP contribution in [0.4, 0.5) is 0 Å². The highest BCUT2D eigenvalue weighted by atomic mass is 16.4. The summed E-state index contributed by atoms with van der Waals surface area (Å²) in [5, 5.41) is 9.27. The molecule has 1 N–H and O–H groups in total. The van der Waals surface area contributed by atoms with E-state index in [4.69, 9.17) is 4.98 Å². The lowest BCUT2D eigenvalue weighted by molar-refractivity contribution is -0.137. The van der Waals surface area contributed by atoms with Crippen LogP contribution in [-0.2, 0) is 11.2 Å². The molecule has 7 rings (SSSR count). The average Bonchev–Trinajstić information content (AvgIpc) is 3.48. The van der Waals surface area contributed by atoms with Crippen molar-refractivity contribution in [1.82, 2.24) is 19.4 Å². The lowest BCUT2D eigenvalue weighted by atomic mass is 9.73. The summed E-state index contributed by atoms with van der Waals surface area (Å²) in [5.41, 5.74) is 2.44. The van der Waals surface area contributed by atoms with E-state index in [2.05, 4.69) is 38.6 Å². The Bertz CT molecular complexity index is 1130. The first-order valence-corrected chi connectivity index (χ1v) is 16.3. The summed E-state index contributed by atoms with van der Waals surface area (Å²) in [4.78, 5) is 22.0. The molecule has 0 spiro atoms. The summed E-state index contributed by atoms with van der Waals surface area (Å²) in [6.45, 7) is 1.68. The van der Waals surface area contributed by atoms with E-state index >= 15 is 0 Å². The summed E-state index contributed by atoms with van der Waals surface area (Å²) in [6.07, 6.45) is 20.5. The summed E-state index contributed by atoms with van der Waals surface area (Å²) in [6, 6.07) is 12.0. The number of rotatable bonds is 7. The number of hydrogen-bond acceptors (Lipinski definition) is 4. The van der Waals surface area contributed by atoms with E-state index in [1.807, 2.05) is 0 Å². The van der Waals surface area contributed by atoms with Crippen LogP contribution in [-0.4, -0.2) is 67.7 Å². The third-order valence-corrected chi connectivity index (χ3v) is 11.3. The Kier molecular flexibility index (Phi) is 7.44. The Hall–Kier alpha value is -1.92. The molecule has 1 aromatic carbocycles. The van der Waals surface area contributed by atoms with Gasteiger partial charge in [0.05, 0.1) is 17.5 Å². The molecule has 5 aliphatic rings. The maximum atomic E-state index is 11.3. The molecule has 6 heteroatoms. The van der Waals surface area contributed by atoms with Crippen molar-refractivity contribution in [3.05, 3.63) is 30.1 Å². The van der Waals surface area contributed by atoms with Gasteiger partial charge in [0, 0.05) is 43.2 Å². The third kappa shape index (κ3) is 5.28. The number of carbonyl (C=O) groups is 1. The Morgan fingerprint density at radius 1 is 0.821 bits per heavy atom. The first-order valence-electron chi connectivity index (χ1n) is 16.3. The predicted molar refractivity (Wildman–Crippen MR) is 155 cm³/mol. The molecule has 3 aliphatic heterocycles. The van der Waals surface area contributed by atoms with Gasteiger partial charge in [0.1, 0.15) is 5.82 Å². The van der Waals surface area contributed by atoms with E-state index in [0.29, 0.717) is 18.6 Å². The Morgan fingerprint density at radius 2 is 1.56 bits per heavy atom. The zero-order chi connectivity index (χ0) is 26.3. The minimum atomic E-state index is -0.691. The number of aromatic nitrogens is 2. The van der Waals surface area contributed by atoms with Gasteiger partial charge in [0.2, 0.25) is 0 Å². The number of benzene rings is 1. The van der Waals surface area contributed by atoms with Gasteiger partial charge >= 0.3 is 5.97 Å². The molecule has 39 heavy (non-hydrogen) atoms. The van der Waals surface area contributed by atoms with Gasteiger partial charge in [-0.3, -0.25) is 14.6 Å². The first-order chi connectivity index (χ1) is 19.1. The van der Waals surface area contributed by atoms with Gasteiger partial charge in [0.15, 0.2) is 0 Å². The molecular weight excluding hydrogens is 484 g/mol. The normalized spacial score (nSPS) is 35.7. The Morgan fingerprint density at radius 3 is 2.31 bits per heavy atom. The van der Waals surface area contributed by atoms with Gasteiger partial charge in [-0.15, -0.1) is 0 Å². The fourth-order valence-electron chi connectivity index (χ4n) is 9.82. The summed E-state index contributed by atoms with van der Waals surface area (Å²) in [5.74, 6) is 2.51. The van der Waals surface area contributed by atoms with Gasteiger partial charge < -0.3 is 9.67 Å². The molecule has 0 radical (unpaired) electrons. The van der Waals surface area contributed by atoms with Crippen molar-refractivity contribution < 1.29 is 9.90 Å². The highest BCUT2D eigenvalue weighted by Gasteiger charge is 2.45. The second kappa shape index (κ2) is 11.2. The zero-order valence-electron chi connectivity index (χ0n) is 23.7. The van der Waals surface area contributed by atoms with Crippen molar-refractivity contribution >= 4 is 17.0 Å². The molecule has 4 bridgehead atoms. The molecule has 1 aromatic heterocycles. The van der Waals surface area contributed by atoms with Crippen LogP contribution in [0, 0.1) is 11.8 Å². The smallest absolute Gasteiger partial charge is 0.304 e. The van der Waals surface area contributed by atoms with Crippen molar-refractivity contribution in [2.75, 3.05) is 13.1 Å². The molecule has 2 unspecified atom stereocenters. The molecule has 0 amide bonds. The molecule has 6 nitrogen and oxygen atoms in total. The van der Waals surface area contributed by atoms with Gasteiger partial charge in [-0.25, -0.2) is 4.98 Å². The monoisotopic (exact) mass is 532 g/mol. The van der Waals surface area contributed by atoms with E-state index in [0.717, 1.165) is 61.3 Å². The van der Waals surface area contributed by atoms with Crippen molar-refractivity contribution in [2.24, 2.45) is 11.8 Å². The molecule has 2 aliphatic carbocycles. The van der Waals surface area contributed by atoms with Gasteiger partial charge in [-0.2, -0.15) is 0 Å². The van der Waals surface area contributed by atoms with Crippen LogP contribution in [0.5, 0.6) is 0 Å². The highest BCUT2D eigenvalue weighted by molar-refractivity contribution is 5.76. The van der Waals surface area contributed by atoms with Gasteiger partial charge in [-0.1, -0.05) is 44.2 Å². The largest absolute Gasteiger partial charge is 0.481 e. The number of likely N-dealkylation sites (tertiary alicyclic amines) is 1. The Labute approximate surface area is 234 Å². The van der Waals surface area contributed by atoms with Gasteiger partial charge in [0.25, 0.3) is 0 Å². The summed E-state index contributed by atoms with van der Waals surface area (Å²) >= 11 is 0. The number of carboxylic acids is 1. The van der Waals surface area contributed by atoms with Gasteiger partial charge in [-0.05, 0) is 88.3 Å². The number of aliphatic carboxylic acids is 1. The van der Waals surface area contributed by atoms with Crippen molar-refractivity contribution in [2.45, 2.75) is 133 Å². The zero-order valence-corrected chi connectivity index (χ0v) is 23.7. The van der Waals surface area contributed by atoms with Crippen LogP contribution in [0.25, 0.3) is 11.0 Å². The standard InChI is InChI=1S/C33H48N4O2/c38-33(39)14-16-35-15-6-11-25(35)22-32-34-30-12-3-4-13-31(30)37(32)29-20-26-9-5-10-27(21-29)36(26)28-18-23-7-1-2-8-24(17-23)19-28/h3-4,12-13,23-29H,1-2,5-11,14-22H2,(H,38,39)/t23-,24+,25-,26-,27+,28?,29?/m0/s1. The lowest BCUT2D eigenvalue weighted by Crippen LogP contribution is -2.58. The van der Waals surface area contributed by atoms with E-state index in [1.165, 1.54) is 88.4 Å². The van der Waals surface area contributed by atoms with E-state index in [9.17, 15) is 9.90 Å². The summed E-state index contributed by atoms with van der Waals surface area (Å²) < 4.78 is 2.66. The maximum absolute atomic E-state index is 11.3. The fraction of sp³-hybridized carbons (Fsp3) is 0.758. The average molecular weight is 533 g/mol. The quantitative estimate of drug-likeness (QED) is 0.445. The van der Waals surface area contributed by atoms with Crippen LogP contribution < -0.4 is 0 Å². The number of fused-ring (bicyclic) bond motifs is 5. The van der Waals surface area contributed by atoms with Crippen LogP contribution >= 0.6 is 0 Å². The van der Waals surface area contributed by atoms with E-state index in [1.54, 1.807) is 0 Å². The molecule has 4 heterocycles. The van der Waals surface area contributed by atoms with Crippen molar-refractivity contribution in [3.8, 4) is 0 Å². The molecule has 212 valence electrons. The third-order valence-electron chi connectivity index (χ3n) is 11.3. The summed E-state index contributed by atoms with van der Waals surface area (Å²) in [7, 11) is 0. The second-order valence-electron chi connectivity index (χ2n) is 13.8. The Balaban J connectivity index is 1.14. The molecule has 7 atom stereocenters. The number of piperidine rings is 2. The molecule has 2 aromatic rings. The number of hydrogen-bond donors (Lipinski definition) is 1. The first kappa shape index (κ1) is 26.0. The number of para-hydroxylation sites is 2. The van der Waals surface area contributed by atoms with E-state index in [-0.39, 0.29) is 6.42 Å². The fourth-order valence-corrected chi connectivity index (χ4v) is 9.82. The number of nitrogens with zero attached hydrogens (tertiary/aromatic N) is 4.